The molecule has 1 aromatic carbocycles. The molecule has 0 saturated carbocycles. The zero-order chi connectivity index (χ0) is 13.1. The summed E-state index contributed by atoms with van der Waals surface area (Å²) in [5.74, 6) is 0.259. The number of carboxylic acid groups (broad SMARTS) is 1. The van der Waals surface area contributed by atoms with Gasteiger partial charge in [-0.2, -0.15) is 0 Å². The van der Waals surface area contributed by atoms with Gasteiger partial charge in [0.15, 0.2) is 0 Å². The molecule has 0 radical (unpaired) electrons. The molecule has 96 valence electrons. The minimum atomic E-state index is -0.964. The fourth-order valence-corrected chi connectivity index (χ4v) is 2.15. The van der Waals surface area contributed by atoms with E-state index in [0.29, 0.717) is 6.42 Å². The first-order valence-corrected chi connectivity index (χ1v) is 6.12. The van der Waals surface area contributed by atoms with Crippen LogP contribution in [0.25, 0.3) is 10.9 Å². The van der Waals surface area contributed by atoms with E-state index in [2.05, 4.69) is 16.4 Å². The van der Waals surface area contributed by atoms with Crippen LogP contribution in [-0.4, -0.2) is 22.2 Å². The van der Waals surface area contributed by atoms with Crippen molar-refractivity contribution in [1.29, 1.82) is 0 Å². The predicted octanol–water partition coefficient (Wildman–Crippen LogP) is 3.00. The van der Waals surface area contributed by atoms with Crippen LogP contribution in [0.1, 0.15) is 19.4 Å². The number of fused-ring (bicyclic) bond motifs is 1. The molecule has 4 heteroatoms. The number of aromatic nitrogens is 1. The van der Waals surface area contributed by atoms with Crippen LogP contribution >= 0.6 is 0 Å². The highest BCUT2D eigenvalue weighted by molar-refractivity contribution is 5.83. The third-order valence-electron chi connectivity index (χ3n) is 3.23. The van der Waals surface area contributed by atoms with Gasteiger partial charge in [-0.05, 0) is 24.0 Å². The molecule has 0 aliphatic rings. The molecule has 1 heterocycles. The third kappa shape index (κ3) is 2.64. The molecule has 18 heavy (non-hydrogen) atoms. The van der Waals surface area contributed by atoms with Crippen LogP contribution in [-0.2, 0) is 6.42 Å². The van der Waals surface area contributed by atoms with Gasteiger partial charge in [-0.1, -0.05) is 32.0 Å². The van der Waals surface area contributed by atoms with Crippen LogP contribution in [0, 0.1) is 5.92 Å². The Balaban J connectivity index is 2.23. The molecular weight excluding hydrogens is 228 g/mol. The molecule has 1 atom stereocenters. The summed E-state index contributed by atoms with van der Waals surface area (Å²) in [6, 6.07) is 7.99. The summed E-state index contributed by atoms with van der Waals surface area (Å²) in [6.45, 7) is 4.05. The normalized spacial score (nSPS) is 12.8. The Hall–Kier alpha value is -1.97. The van der Waals surface area contributed by atoms with Gasteiger partial charge < -0.3 is 15.4 Å². The second kappa shape index (κ2) is 5.12. The number of hydrogen-bond acceptors (Lipinski definition) is 1. The number of carbonyl (C=O) groups is 1. The Morgan fingerprint density at radius 2 is 2.11 bits per heavy atom. The van der Waals surface area contributed by atoms with Crippen molar-refractivity contribution in [1.82, 2.24) is 10.3 Å². The summed E-state index contributed by atoms with van der Waals surface area (Å²) < 4.78 is 0. The SMILES string of the molecule is CC(C)C(Cc1c[nH]c2ccccc12)NC(=O)O. The fourth-order valence-electron chi connectivity index (χ4n) is 2.15. The summed E-state index contributed by atoms with van der Waals surface area (Å²) >= 11 is 0. The van der Waals surface area contributed by atoms with Gasteiger partial charge >= 0.3 is 6.09 Å². The van der Waals surface area contributed by atoms with Crippen LogP contribution in [0.4, 0.5) is 4.79 Å². The molecule has 0 aliphatic carbocycles. The van der Waals surface area contributed by atoms with Gasteiger partial charge in [0, 0.05) is 23.1 Å². The quantitative estimate of drug-likeness (QED) is 0.776. The van der Waals surface area contributed by atoms with Crippen LogP contribution in [0.5, 0.6) is 0 Å². The lowest BCUT2D eigenvalue weighted by Crippen LogP contribution is -2.39. The topological polar surface area (TPSA) is 65.1 Å². The molecule has 0 saturated heterocycles. The molecule has 0 spiro atoms. The Morgan fingerprint density at radius 3 is 2.78 bits per heavy atom. The maximum Gasteiger partial charge on any atom is 0.404 e. The molecular formula is C14H18N2O2. The van der Waals surface area contributed by atoms with E-state index in [4.69, 9.17) is 5.11 Å². The highest BCUT2D eigenvalue weighted by atomic mass is 16.4. The van der Waals surface area contributed by atoms with Crippen LogP contribution in [0.15, 0.2) is 30.5 Å². The number of H-pyrrole nitrogens is 1. The molecule has 1 unspecified atom stereocenters. The van der Waals surface area contributed by atoms with Crippen molar-refractivity contribution in [2.24, 2.45) is 5.92 Å². The first-order valence-electron chi connectivity index (χ1n) is 6.12. The molecule has 2 rings (SSSR count). The van der Waals surface area contributed by atoms with Crippen molar-refractivity contribution in [2.75, 3.05) is 0 Å². The largest absolute Gasteiger partial charge is 0.465 e. The molecule has 3 N–H and O–H groups in total. The zero-order valence-corrected chi connectivity index (χ0v) is 10.6. The van der Waals surface area contributed by atoms with Gasteiger partial charge in [-0.15, -0.1) is 0 Å². The maximum absolute atomic E-state index is 10.8. The summed E-state index contributed by atoms with van der Waals surface area (Å²) in [7, 11) is 0. The van der Waals surface area contributed by atoms with Gasteiger partial charge in [0.25, 0.3) is 0 Å². The average molecular weight is 246 g/mol. The molecule has 2 aromatic rings. The molecule has 0 fully saturated rings. The molecule has 1 amide bonds. The van der Waals surface area contributed by atoms with Gasteiger partial charge in [-0.25, -0.2) is 4.79 Å². The summed E-state index contributed by atoms with van der Waals surface area (Å²) in [5, 5.41) is 12.6. The van der Waals surface area contributed by atoms with Gasteiger partial charge in [-0.3, -0.25) is 0 Å². The molecule has 1 aromatic heterocycles. The second-order valence-electron chi connectivity index (χ2n) is 4.86. The average Bonchev–Trinajstić information content (AvgIpc) is 2.71. The minimum Gasteiger partial charge on any atom is -0.465 e. The van der Waals surface area contributed by atoms with Crippen LogP contribution < -0.4 is 5.32 Å². The Kier molecular flexibility index (Phi) is 3.55. The second-order valence-corrected chi connectivity index (χ2v) is 4.86. The first-order chi connectivity index (χ1) is 8.58. The summed E-state index contributed by atoms with van der Waals surface area (Å²) in [6.07, 6.45) is 1.70. The van der Waals surface area contributed by atoms with Crippen molar-refractivity contribution in [2.45, 2.75) is 26.3 Å². The van der Waals surface area contributed by atoms with Crippen molar-refractivity contribution < 1.29 is 9.90 Å². The Labute approximate surface area is 106 Å². The first kappa shape index (κ1) is 12.5. The van der Waals surface area contributed by atoms with Crippen molar-refractivity contribution in [3.63, 3.8) is 0 Å². The van der Waals surface area contributed by atoms with E-state index >= 15 is 0 Å². The van der Waals surface area contributed by atoms with Gasteiger partial charge in [0.1, 0.15) is 0 Å². The van der Waals surface area contributed by atoms with E-state index in [1.165, 1.54) is 0 Å². The number of rotatable bonds is 4. The number of para-hydroxylation sites is 1. The number of nitrogens with one attached hydrogen (secondary N) is 2. The smallest absolute Gasteiger partial charge is 0.404 e. The lowest BCUT2D eigenvalue weighted by molar-refractivity contribution is 0.185. The number of aromatic amines is 1. The van der Waals surface area contributed by atoms with Crippen LogP contribution in [0.3, 0.4) is 0 Å². The summed E-state index contributed by atoms with van der Waals surface area (Å²) in [4.78, 5) is 14.0. The van der Waals surface area contributed by atoms with Gasteiger partial charge in [0.05, 0.1) is 0 Å². The Morgan fingerprint density at radius 1 is 1.39 bits per heavy atom. The third-order valence-corrected chi connectivity index (χ3v) is 3.23. The summed E-state index contributed by atoms with van der Waals surface area (Å²) in [5.41, 5.74) is 2.24. The van der Waals surface area contributed by atoms with E-state index in [1.54, 1.807) is 0 Å². The molecule has 4 nitrogen and oxygen atoms in total. The fraction of sp³-hybridized carbons (Fsp3) is 0.357. The maximum atomic E-state index is 10.8. The van der Waals surface area contributed by atoms with Crippen molar-refractivity contribution in [3.05, 3.63) is 36.0 Å². The lowest BCUT2D eigenvalue weighted by Gasteiger charge is -2.20. The number of benzene rings is 1. The van der Waals surface area contributed by atoms with Crippen LogP contribution in [0.2, 0.25) is 0 Å². The van der Waals surface area contributed by atoms with E-state index in [1.807, 2.05) is 38.2 Å². The molecule has 0 bridgehead atoms. The van der Waals surface area contributed by atoms with E-state index in [0.717, 1.165) is 16.5 Å². The standard InChI is InChI=1S/C14H18N2O2/c1-9(2)13(16-14(17)18)7-10-8-15-12-6-4-3-5-11(10)12/h3-6,8-9,13,15-16H,7H2,1-2H3,(H,17,18). The van der Waals surface area contributed by atoms with Crippen molar-refractivity contribution in [3.8, 4) is 0 Å². The monoisotopic (exact) mass is 246 g/mol. The van der Waals surface area contributed by atoms with Gasteiger partial charge in [0.2, 0.25) is 0 Å². The predicted molar refractivity (Wildman–Crippen MR) is 71.8 cm³/mol. The van der Waals surface area contributed by atoms with E-state index in [9.17, 15) is 4.79 Å². The van der Waals surface area contributed by atoms with E-state index in [-0.39, 0.29) is 12.0 Å². The van der Waals surface area contributed by atoms with E-state index < -0.39 is 6.09 Å². The number of hydrogen-bond donors (Lipinski definition) is 3. The zero-order valence-electron chi connectivity index (χ0n) is 10.6. The molecule has 0 aliphatic heterocycles. The number of amides is 1. The lowest BCUT2D eigenvalue weighted by atomic mass is 9.96. The highest BCUT2D eigenvalue weighted by Crippen LogP contribution is 2.20. The van der Waals surface area contributed by atoms with Crippen molar-refractivity contribution >= 4 is 17.0 Å². The minimum absolute atomic E-state index is 0.0679. The highest BCUT2D eigenvalue weighted by Gasteiger charge is 2.17. The Bertz CT molecular complexity index is 545.